The van der Waals surface area contributed by atoms with E-state index in [0.29, 0.717) is 5.92 Å². The SMILES string of the molecule is CC1(C)OB(/C(=C\C2CCCC2)CO)OC1(C)C. The van der Waals surface area contributed by atoms with E-state index in [2.05, 4.69) is 6.08 Å². The number of hydrogen-bond donors (Lipinski definition) is 1. The van der Waals surface area contributed by atoms with E-state index in [1.54, 1.807) is 0 Å². The van der Waals surface area contributed by atoms with Crippen LogP contribution in [0.25, 0.3) is 0 Å². The van der Waals surface area contributed by atoms with Gasteiger partial charge in [0, 0.05) is 0 Å². The molecular formula is C14H25BO3. The van der Waals surface area contributed by atoms with Gasteiger partial charge < -0.3 is 14.4 Å². The van der Waals surface area contributed by atoms with Crippen LogP contribution >= 0.6 is 0 Å². The predicted molar refractivity (Wildman–Crippen MR) is 73.2 cm³/mol. The lowest BCUT2D eigenvalue weighted by atomic mass is 9.76. The minimum absolute atomic E-state index is 0.0212. The van der Waals surface area contributed by atoms with Crippen LogP contribution in [0.1, 0.15) is 53.4 Å². The van der Waals surface area contributed by atoms with Gasteiger partial charge in [0.05, 0.1) is 17.8 Å². The van der Waals surface area contributed by atoms with Crippen molar-refractivity contribution in [3.05, 3.63) is 11.5 Å². The summed E-state index contributed by atoms with van der Waals surface area (Å²) >= 11 is 0. The van der Waals surface area contributed by atoms with E-state index in [1.165, 1.54) is 25.7 Å². The Morgan fingerprint density at radius 3 is 2.11 bits per heavy atom. The second-order valence-electron chi connectivity index (χ2n) is 6.53. The number of allylic oxidation sites excluding steroid dienone is 1. The lowest BCUT2D eigenvalue weighted by Crippen LogP contribution is -2.41. The van der Waals surface area contributed by atoms with Gasteiger partial charge in [-0.15, -0.1) is 0 Å². The van der Waals surface area contributed by atoms with Crippen molar-refractivity contribution >= 4 is 7.12 Å². The van der Waals surface area contributed by atoms with Crippen LogP contribution in [0.15, 0.2) is 11.5 Å². The van der Waals surface area contributed by atoms with Gasteiger partial charge in [-0.3, -0.25) is 0 Å². The second kappa shape index (κ2) is 4.99. The quantitative estimate of drug-likeness (QED) is 0.785. The number of rotatable bonds is 3. The summed E-state index contributed by atoms with van der Waals surface area (Å²) in [5.74, 6) is 0.589. The van der Waals surface area contributed by atoms with Crippen LogP contribution in [0, 0.1) is 5.92 Å². The molecule has 0 spiro atoms. The van der Waals surface area contributed by atoms with Crippen molar-refractivity contribution in [3.63, 3.8) is 0 Å². The van der Waals surface area contributed by atoms with Crippen LogP contribution in [0.3, 0.4) is 0 Å². The fourth-order valence-electron chi connectivity index (χ4n) is 2.63. The Bertz CT molecular complexity index is 314. The average Bonchev–Trinajstić information content (AvgIpc) is 2.82. The summed E-state index contributed by atoms with van der Waals surface area (Å²) in [6.07, 6.45) is 7.22. The fourth-order valence-corrected chi connectivity index (χ4v) is 2.63. The standard InChI is InChI=1S/C14H25BO3/c1-13(2)14(3,4)18-15(17-13)12(10-16)9-11-7-5-6-8-11/h9,11,16H,5-8,10H2,1-4H3/b12-9-. The maximum absolute atomic E-state index is 9.56. The van der Waals surface area contributed by atoms with Gasteiger partial charge in [0.25, 0.3) is 0 Å². The van der Waals surface area contributed by atoms with E-state index in [1.807, 2.05) is 27.7 Å². The summed E-state index contributed by atoms with van der Waals surface area (Å²) < 4.78 is 12.0. The van der Waals surface area contributed by atoms with Crippen molar-refractivity contribution in [1.82, 2.24) is 0 Å². The lowest BCUT2D eigenvalue weighted by molar-refractivity contribution is 0.00578. The van der Waals surface area contributed by atoms with Gasteiger partial charge in [-0.1, -0.05) is 18.9 Å². The molecule has 1 aliphatic carbocycles. The number of hydrogen-bond acceptors (Lipinski definition) is 3. The number of aliphatic hydroxyl groups is 1. The molecule has 1 saturated heterocycles. The molecule has 18 heavy (non-hydrogen) atoms. The molecule has 0 atom stereocenters. The maximum atomic E-state index is 9.56. The molecule has 1 heterocycles. The highest BCUT2D eigenvalue weighted by atomic mass is 16.7. The highest BCUT2D eigenvalue weighted by molar-refractivity contribution is 6.54. The van der Waals surface area contributed by atoms with Crippen molar-refractivity contribution < 1.29 is 14.4 Å². The summed E-state index contributed by atoms with van der Waals surface area (Å²) in [5.41, 5.74) is 0.226. The first-order valence-electron chi connectivity index (χ1n) is 7.03. The summed E-state index contributed by atoms with van der Waals surface area (Å²) in [6.45, 7) is 8.18. The van der Waals surface area contributed by atoms with Gasteiger partial charge in [0.15, 0.2) is 0 Å². The molecule has 1 saturated carbocycles. The first-order chi connectivity index (χ1) is 8.36. The Morgan fingerprint density at radius 1 is 1.17 bits per heavy atom. The van der Waals surface area contributed by atoms with E-state index >= 15 is 0 Å². The molecule has 2 rings (SSSR count). The van der Waals surface area contributed by atoms with Crippen molar-refractivity contribution in [2.24, 2.45) is 5.92 Å². The fraction of sp³-hybridized carbons (Fsp3) is 0.857. The van der Waals surface area contributed by atoms with Gasteiger partial charge in [-0.2, -0.15) is 0 Å². The molecule has 4 heteroatoms. The lowest BCUT2D eigenvalue weighted by Gasteiger charge is -2.32. The first-order valence-corrected chi connectivity index (χ1v) is 7.03. The summed E-state index contributed by atoms with van der Waals surface area (Å²) in [5, 5.41) is 9.56. The Hall–Kier alpha value is -0.315. The van der Waals surface area contributed by atoms with E-state index in [4.69, 9.17) is 9.31 Å². The van der Waals surface area contributed by atoms with Crippen LogP contribution in [0.4, 0.5) is 0 Å². The minimum atomic E-state index is -0.388. The van der Waals surface area contributed by atoms with Crippen molar-refractivity contribution in [2.75, 3.05) is 6.61 Å². The molecule has 1 N–H and O–H groups in total. The predicted octanol–water partition coefficient (Wildman–Crippen LogP) is 2.73. The van der Waals surface area contributed by atoms with Gasteiger partial charge in [0.2, 0.25) is 0 Å². The van der Waals surface area contributed by atoms with E-state index in [9.17, 15) is 5.11 Å². The van der Waals surface area contributed by atoms with E-state index < -0.39 is 0 Å². The number of aliphatic hydroxyl groups excluding tert-OH is 1. The Balaban J connectivity index is 2.10. The van der Waals surface area contributed by atoms with E-state index in [-0.39, 0.29) is 24.9 Å². The molecule has 102 valence electrons. The molecule has 1 aliphatic heterocycles. The highest BCUT2D eigenvalue weighted by Gasteiger charge is 2.52. The molecule has 0 radical (unpaired) electrons. The molecule has 0 aromatic heterocycles. The third-order valence-electron chi connectivity index (χ3n) is 4.59. The van der Waals surface area contributed by atoms with Crippen molar-refractivity contribution in [2.45, 2.75) is 64.6 Å². The monoisotopic (exact) mass is 252 g/mol. The molecule has 2 aliphatic rings. The van der Waals surface area contributed by atoms with Gasteiger partial charge in [-0.05, 0) is 51.9 Å². The second-order valence-corrected chi connectivity index (χ2v) is 6.53. The zero-order chi connectivity index (χ0) is 13.4. The average molecular weight is 252 g/mol. The van der Waals surface area contributed by atoms with Gasteiger partial charge >= 0.3 is 7.12 Å². The maximum Gasteiger partial charge on any atom is 0.492 e. The van der Waals surface area contributed by atoms with E-state index in [0.717, 1.165) is 5.47 Å². The molecule has 3 nitrogen and oxygen atoms in total. The molecule has 0 bridgehead atoms. The Labute approximate surface area is 111 Å². The van der Waals surface area contributed by atoms with Crippen LogP contribution in [-0.4, -0.2) is 30.0 Å². The van der Waals surface area contributed by atoms with Crippen LogP contribution in [0.2, 0.25) is 0 Å². The molecule has 0 amide bonds. The third-order valence-corrected chi connectivity index (χ3v) is 4.59. The largest absolute Gasteiger partial charge is 0.492 e. The minimum Gasteiger partial charge on any atom is -0.400 e. The molecular weight excluding hydrogens is 227 g/mol. The topological polar surface area (TPSA) is 38.7 Å². The van der Waals surface area contributed by atoms with Crippen LogP contribution in [0.5, 0.6) is 0 Å². The van der Waals surface area contributed by atoms with Gasteiger partial charge in [0.1, 0.15) is 0 Å². The molecule has 0 unspecified atom stereocenters. The van der Waals surface area contributed by atoms with Crippen LogP contribution in [-0.2, 0) is 9.31 Å². The highest BCUT2D eigenvalue weighted by Crippen LogP contribution is 2.39. The molecule has 2 fully saturated rings. The van der Waals surface area contributed by atoms with Crippen molar-refractivity contribution in [1.29, 1.82) is 0 Å². The molecule has 0 aromatic carbocycles. The zero-order valence-electron chi connectivity index (χ0n) is 12.0. The van der Waals surface area contributed by atoms with Crippen molar-refractivity contribution in [3.8, 4) is 0 Å². The Morgan fingerprint density at radius 2 is 1.67 bits per heavy atom. The summed E-state index contributed by atoms with van der Waals surface area (Å²) in [4.78, 5) is 0. The normalized spacial score (nSPS) is 28.1. The third kappa shape index (κ3) is 2.66. The first kappa shape index (κ1) is 14.1. The zero-order valence-corrected chi connectivity index (χ0v) is 12.0. The summed E-state index contributed by atoms with van der Waals surface area (Å²) in [6, 6.07) is 0. The molecule has 0 aromatic rings. The van der Waals surface area contributed by atoms with Crippen LogP contribution < -0.4 is 0 Å². The summed E-state index contributed by atoms with van der Waals surface area (Å²) in [7, 11) is -0.388. The Kier molecular flexibility index (Phi) is 3.91. The smallest absolute Gasteiger partial charge is 0.400 e. The van der Waals surface area contributed by atoms with Gasteiger partial charge in [-0.25, -0.2) is 0 Å².